The number of alkyl halides is 3. The summed E-state index contributed by atoms with van der Waals surface area (Å²) in [6, 6.07) is 0. The van der Waals surface area contributed by atoms with Crippen LogP contribution in [0.1, 0.15) is 0 Å². The molecule has 1 nitrogen and oxygen atoms in total. The van der Waals surface area contributed by atoms with Gasteiger partial charge in [0.2, 0.25) is 0 Å². The Bertz CT molecular complexity index is 75.8. The van der Waals surface area contributed by atoms with E-state index in [1.54, 1.807) is 0 Å². The average Bonchev–Trinajstić information content (AvgIpc) is 1.59. The maximum absolute atomic E-state index is 10.9. The molecule has 0 aromatic carbocycles. The smallest absolute Gasteiger partial charge is 0.281 e. The van der Waals surface area contributed by atoms with Crippen molar-refractivity contribution in [3.63, 3.8) is 0 Å². The van der Waals surface area contributed by atoms with Crippen LogP contribution in [0.4, 0.5) is 13.2 Å². The van der Waals surface area contributed by atoms with Crippen LogP contribution in [0, 0.1) is 6.61 Å². The highest BCUT2D eigenvalue weighted by atomic mass is 19.4. The topological polar surface area (TPSA) is 9.23 Å². The third-order valence-electron chi connectivity index (χ3n) is 0.298. The van der Waals surface area contributed by atoms with Gasteiger partial charge in [0.15, 0.2) is 0 Å². The third kappa shape index (κ3) is 5.49. The lowest BCUT2D eigenvalue weighted by Gasteiger charge is -2.01. The fraction of sp³-hybridized carbons (Fsp3) is 0.250. The molecular weight excluding hydrogens is 121 g/mol. The van der Waals surface area contributed by atoms with E-state index in [1.165, 1.54) is 0 Å². The summed E-state index contributed by atoms with van der Waals surface area (Å²) >= 11 is 0. The van der Waals surface area contributed by atoms with Gasteiger partial charge in [-0.15, -0.1) is 19.8 Å². The zero-order chi connectivity index (χ0) is 6.62. The SMILES string of the molecule is C=C[CH]OC(F)(F)F. The van der Waals surface area contributed by atoms with E-state index in [-0.39, 0.29) is 0 Å². The Morgan fingerprint density at radius 2 is 1.88 bits per heavy atom. The molecule has 0 bridgehead atoms. The second-order valence-corrected chi connectivity index (χ2v) is 0.935. The van der Waals surface area contributed by atoms with Crippen LogP contribution >= 0.6 is 0 Å². The number of ether oxygens (including phenoxy) is 1. The predicted molar refractivity (Wildman–Crippen MR) is 21.6 cm³/mol. The quantitative estimate of drug-likeness (QED) is 0.547. The van der Waals surface area contributed by atoms with Gasteiger partial charge in [-0.25, -0.2) is 0 Å². The van der Waals surface area contributed by atoms with Crippen molar-refractivity contribution in [2.45, 2.75) is 6.36 Å². The summed E-state index contributed by atoms with van der Waals surface area (Å²) in [6.45, 7) is 3.46. The lowest BCUT2D eigenvalue weighted by atomic mass is 10.7. The summed E-state index contributed by atoms with van der Waals surface area (Å²) < 4.78 is 36.0. The van der Waals surface area contributed by atoms with Gasteiger partial charge in [-0.05, 0) is 0 Å². The molecule has 1 radical (unpaired) electrons. The Morgan fingerprint density at radius 1 is 1.38 bits per heavy atom. The van der Waals surface area contributed by atoms with E-state index in [1.807, 2.05) is 0 Å². The van der Waals surface area contributed by atoms with E-state index in [4.69, 9.17) is 0 Å². The molecule has 0 rings (SSSR count). The van der Waals surface area contributed by atoms with Crippen molar-refractivity contribution in [2.75, 3.05) is 0 Å². The molecule has 4 heteroatoms. The molecular formula is C4H4F3O. The molecule has 0 aliphatic heterocycles. The highest BCUT2D eigenvalue weighted by molar-refractivity contribution is 4.77. The van der Waals surface area contributed by atoms with Crippen molar-refractivity contribution < 1.29 is 17.9 Å². The van der Waals surface area contributed by atoms with Crippen LogP contribution in [0.5, 0.6) is 0 Å². The number of hydrogen-bond acceptors (Lipinski definition) is 1. The Kier molecular flexibility index (Phi) is 2.54. The van der Waals surface area contributed by atoms with Crippen molar-refractivity contribution in [1.29, 1.82) is 0 Å². The van der Waals surface area contributed by atoms with Crippen LogP contribution in [0.3, 0.4) is 0 Å². The van der Waals surface area contributed by atoms with Gasteiger partial charge < -0.3 is 0 Å². The van der Waals surface area contributed by atoms with Crippen molar-refractivity contribution in [1.82, 2.24) is 0 Å². The summed E-state index contributed by atoms with van der Waals surface area (Å²) in [6.07, 6.45) is -3.66. The van der Waals surface area contributed by atoms with E-state index in [0.29, 0.717) is 6.61 Å². The molecule has 47 valence electrons. The minimum absolute atomic E-state index is 0.472. The third-order valence-corrected chi connectivity index (χ3v) is 0.298. The van der Waals surface area contributed by atoms with Crippen LogP contribution in [0.25, 0.3) is 0 Å². The molecule has 0 saturated carbocycles. The molecule has 0 aliphatic carbocycles. The van der Waals surface area contributed by atoms with Gasteiger partial charge in [0.05, 0.1) is 0 Å². The van der Waals surface area contributed by atoms with Gasteiger partial charge >= 0.3 is 6.36 Å². The lowest BCUT2D eigenvalue weighted by molar-refractivity contribution is -0.306. The van der Waals surface area contributed by atoms with E-state index < -0.39 is 6.36 Å². The summed E-state index contributed by atoms with van der Waals surface area (Å²) in [5, 5.41) is 0. The maximum atomic E-state index is 10.9. The number of halogens is 3. The molecule has 0 atom stereocenters. The first kappa shape index (κ1) is 7.49. The van der Waals surface area contributed by atoms with Crippen LogP contribution in [-0.2, 0) is 4.74 Å². The fourth-order valence-corrected chi connectivity index (χ4v) is 0.125. The Labute approximate surface area is 44.8 Å². The van der Waals surface area contributed by atoms with Gasteiger partial charge in [0, 0.05) is 0 Å². The van der Waals surface area contributed by atoms with E-state index in [2.05, 4.69) is 11.3 Å². The first-order chi connectivity index (χ1) is 3.56. The largest absolute Gasteiger partial charge is 0.523 e. The zero-order valence-electron chi connectivity index (χ0n) is 3.90. The summed E-state index contributed by atoms with van der Waals surface area (Å²) in [7, 11) is 0. The van der Waals surface area contributed by atoms with Gasteiger partial charge in [0.1, 0.15) is 6.61 Å². The molecule has 0 saturated heterocycles. The van der Waals surface area contributed by atoms with Crippen molar-refractivity contribution in [3.8, 4) is 0 Å². The molecule has 0 fully saturated rings. The highest BCUT2D eigenvalue weighted by Gasteiger charge is 2.28. The van der Waals surface area contributed by atoms with Crippen LogP contribution in [-0.4, -0.2) is 6.36 Å². The molecule has 8 heavy (non-hydrogen) atoms. The van der Waals surface area contributed by atoms with Crippen LogP contribution in [0.2, 0.25) is 0 Å². The number of rotatable bonds is 2. The van der Waals surface area contributed by atoms with Crippen molar-refractivity contribution in [2.24, 2.45) is 0 Å². The minimum Gasteiger partial charge on any atom is -0.281 e. The molecule has 0 aromatic heterocycles. The first-order valence-corrected chi connectivity index (χ1v) is 1.75. The predicted octanol–water partition coefficient (Wildman–Crippen LogP) is 1.87. The molecule has 0 unspecified atom stereocenters. The highest BCUT2D eigenvalue weighted by Crippen LogP contribution is 2.16. The first-order valence-electron chi connectivity index (χ1n) is 1.75. The second kappa shape index (κ2) is 2.71. The normalized spacial score (nSPS) is 11.4. The average molecular weight is 125 g/mol. The monoisotopic (exact) mass is 125 g/mol. The van der Waals surface area contributed by atoms with Crippen LogP contribution < -0.4 is 0 Å². The fourth-order valence-electron chi connectivity index (χ4n) is 0.125. The maximum Gasteiger partial charge on any atom is 0.523 e. The second-order valence-electron chi connectivity index (χ2n) is 0.935. The molecule has 0 spiro atoms. The summed E-state index contributed by atoms with van der Waals surface area (Å²) in [4.78, 5) is 0. The Balaban J connectivity index is 3.24. The molecule has 0 aromatic rings. The van der Waals surface area contributed by atoms with Gasteiger partial charge in [-0.1, -0.05) is 6.08 Å². The molecule has 0 amide bonds. The van der Waals surface area contributed by atoms with E-state index >= 15 is 0 Å². The van der Waals surface area contributed by atoms with Gasteiger partial charge in [-0.2, -0.15) is 0 Å². The van der Waals surface area contributed by atoms with E-state index in [0.717, 1.165) is 6.08 Å². The van der Waals surface area contributed by atoms with Gasteiger partial charge in [0.25, 0.3) is 0 Å². The summed E-state index contributed by atoms with van der Waals surface area (Å²) in [5.74, 6) is 0. The molecule has 0 heterocycles. The van der Waals surface area contributed by atoms with E-state index in [9.17, 15) is 13.2 Å². The van der Waals surface area contributed by atoms with Gasteiger partial charge in [-0.3, -0.25) is 4.74 Å². The molecule has 0 N–H and O–H groups in total. The summed E-state index contributed by atoms with van der Waals surface area (Å²) in [5.41, 5.74) is 0. The molecule has 0 aliphatic rings. The minimum atomic E-state index is -4.58. The number of hydrogen-bond donors (Lipinski definition) is 0. The lowest BCUT2D eigenvalue weighted by Crippen LogP contribution is -2.09. The Morgan fingerprint density at radius 3 is 2.00 bits per heavy atom. The standard InChI is InChI=1S/C4H4F3O/c1-2-3-8-4(5,6)7/h2-3H,1H2. The Hall–Kier alpha value is -0.510. The van der Waals surface area contributed by atoms with Crippen molar-refractivity contribution in [3.05, 3.63) is 19.3 Å². The van der Waals surface area contributed by atoms with Crippen LogP contribution in [0.15, 0.2) is 12.7 Å². The zero-order valence-corrected chi connectivity index (χ0v) is 3.90. The van der Waals surface area contributed by atoms with Crippen molar-refractivity contribution >= 4 is 0 Å².